The fourth-order valence-corrected chi connectivity index (χ4v) is 1.52. The summed E-state index contributed by atoms with van der Waals surface area (Å²) in [4.78, 5) is 16.4. The Labute approximate surface area is 117 Å². The summed E-state index contributed by atoms with van der Waals surface area (Å²) in [6, 6.07) is 0. The van der Waals surface area contributed by atoms with Gasteiger partial charge in [-0.3, -0.25) is 4.79 Å². The van der Waals surface area contributed by atoms with E-state index in [-0.39, 0.29) is 17.2 Å². The van der Waals surface area contributed by atoms with Crippen molar-refractivity contribution in [2.45, 2.75) is 13.1 Å². The van der Waals surface area contributed by atoms with Crippen LogP contribution in [0.15, 0.2) is 6.20 Å². The Morgan fingerprint density at radius 2 is 1.95 bits per heavy atom. The Kier molecular flexibility index (Phi) is 3.62. The molecule has 2 rings (SSSR count). The van der Waals surface area contributed by atoms with Crippen LogP contribution in [0, 0.1) is 0 Å². The Bertz CT molecular complexity index is 719. The molecule has 0 unspecified atom stereocenters. The number of alkyl halides is 3. The molecule has 0 fully saturated rings. The fraction of sp³-hybridized carbons (Fsp3) is 0.364. The predicted octanol–water partition coefficient (Wildman–Crippen LogP) is 1.27. The summed E-state index contributed by atoms with van der Waals surface area (Å²) in [7, 11) is 3.44. The molecule has 0 aromatic carbocycles. The second kappa shape index (κ2) is 5.11. The van der Waals surface area contributed by atoms with Gasteiger partial charge in [0.25, 0.3) is 11.6 Å². The molecular formula is C11H11F3N6O. The molecule has 0 N–H and O–H groups in total. The van der Waals surface area contributed by atoms with E-state index in [9.17, 15) is 18.0 Å². The summed E-state index contributed by atoms with van der Waals surface area (Å²) >= 11 is 0. The van der Waals surface area contributed by atoms with Crippen LogP contribution in [0.5, 0.6) is 0 Å². The topological polar surface area (TPSA) is 76.3 Å². The number of Topliss-reactive ketones (excluding diaryl/α,β-unsaturated/α-hetero) is 1. The molecule has 0 spiro atoms. The first kappa shape index (κ1) is 14.9. The van der Waals surface area contributed by atoms with E-state index >= 15 is 0 Å². The van der Waals surface area contributed by atoms with Crippen LogP contribution in [0.3, 0.4) is 0 Å². The van der Waals surface area contributed by atoms with E-state index < -0.39 is 17.8 Å². The van der Waals surface area contributed by atoms with E-state index in [0.29, 0.717) is 0 Å². The quantitative estimate of drug-likeness (QED) is 0.795. The summed E-state index contributed by atoms with van der Waals surface area (Å²) in [6.45, 7) is 1.24. The summed E-state index contributed by atoms with van der Waals surface area (Å²) in [5.41, 5.74) is 0.00317. The Balaban J connectivity index is 2.72. The van der Waals surface area contributed by atoms with Crippen LogP contribution in [0.4, 0.5) is 13.2 Å². The molecule has 0 saturated heterocycles. The summed E-state index contributed by atoms with van der Waals surface area (Å²) < 4.78 is 38.8. The van der Waals surface area contributed by atoms with Gasteiger partial charge in [-0.2, -0.15) is 22.7 Å². The highest BCUT2D eigenvalue weighted by atomic mass is 19.4. The highest BCUT2D eigenvalue weighted by Crippen LogP contribution is 2.26. The first-order chi connectivity index (χ1) is 9.70. The highest BCUT2D eigenvalue weighted by molar-refractivity contribution is 5.95. The van der Waals surface area contributed by atoms with Gasteiger partial charge < -0.3 is 4.90 Å². The first-order valence-corrected chi connectivity index (χ1v) is 5.76. The molecule has 0 aliphatic heterocycles. The highest BCUT2D eigenvalue weighted by Gasteiger charge is 2.37. The smallest absolute Gasteiger partial charge is 0.383 e. The minimum atomic E-state index is -4.70. The number of rotatable bonds is 3. The lowest BCUT2D eigenvalue weighted by Gasteiger charge is -2.06. The van der Waals surface area contributed by atoms with Gasteiger partial charge >= 0.3 is 6.18 Å². The lowest BCUT2D eigenvalue weighted by Crippen LogP contribution is -2.11. The molecule has 0 saturated carbocycles. The third-order valence-electron chi connectivity index (χ3n) is 2.42. The molecule has 10 heteroatoms. The molecule has 2 aromatic heterocycles. The average Bonchev–Trinajstić information content (AvgIpc) is 2.79. The number of ketones is 1. The van der Waals surface area contributed by atoms with Gasteiger partial charge in [-0.1, -0.05) is 0 Å². The predicted molar refractivity (Wildman–Crippen MR) is 66.3 cm³/mol. The Hall–Kier alpha value is -2.52. The van der Waals surface area contributed by atoms with Crippen molar-refractivity contribution < 1.29 is 18.0 Å². The van der Waals surface area contributed by atoms with Crippen LogP contribution in [-0.2, 0) is 6.18 Å². The SMILES string of the molecule is CC(=O)c1nnc2nc(C(F)(F)F)nn2c1/C=C/N(C)C. The van der Waals surface area contributed by atoms with E-state index in [2.05, 4.69) is 20.3 Å². The third kappa shape index (κ3) is 2.98. The second-order valence-corrected chi connectivity index (χ2v) is 4.41. The van der Waals surface area contributed by atoms with Gasteiger partial charge in [0.05, 0.1) is 0 Å². The van der Waals surface area contributed by atoms with Crippen molar-refractivity contribution in [1.82, 2.24) is 29.7 Å². The molecule has 0 aliphatic rings. The van der Waals surface area contributed by atoms with Gasteiger partial charge in [-0.25, -0.2) is 0 Å². The molecule has 0 aliphatic carbocycles. The number of aromatic nitrogens is 5. The van der Waals surface area contributed by atoms with Crippen molar-refractivity contribution in [3.05, 3.63) is 23.4 Å². The maximum Gasteiger partial charge on any atom is 0.453 e. The first-order valence-electron chi connectivity index (χ1n) is 5.76. The normalized spacial score (nSPS) is 12.3. The van der Waals surface area contributed by atoms with Gasteiger partial charge in [0, 0.05) is 27.2 Å². The largest absolute Gasteiger partial charge is 0.453 e. The second-order valence-electron chi connectivity index (χ2n) is 4.41. The maximum absolute atomic E-state index is 12.7. The van der Waals surface area contributed by atoms with Crippen molar-refractivity contribution in [3.8, 4) is 0 Å². The zero-order chi connectivity index (χ0) is 15.8. The van der Waals surface area contributed by atoms with Crippen molar-refractivity contribution >= 4 is 17.6 Å². The van der Waals surface area contributed by atoms with E-state index in [1.54, 1.807) is 25.2 Å². The van der Waals surface area contributed by atoms with Crippen LogP contribution >= 0.6 is 0 Å². The molecule has 0 bridgehead atoms. The van der Waals surface area contributed by atoms with E-state index in [1.807, 2.05) is 0 Å². The van der Waals surface area contributed by atoms with E-state index in [1.165, 1.54) is 13.0 Å². The minimum Gasteiger partial charge on any atom is -0.383 e. The van der Waals surface area contributed by atoms with E-state index in [4.69, 9.17) is 0 Å². The number of carbonyl (C=O) groups excluding carboxylic acids is 1. The molecular weight excluding hydrogens is 289 g/mol. The van der Waals surface area contributed by atoms with Gasteiger partial charge in [0.1, 0.15) is 5.69 Å². The van der Waals surface area contributed by atoms with Gasteiger partial charge in [-0.15, -0.1) is 15.3 Å². The molecule has 0 atom stereocenters. The average molecular weight is 300 g/mol. The van der Waals surface area contributed by atoms with Crippen molar-refractivity contribution in [3.63, 3.8) is 0 Å². The number of hydrogen-bond donors (Lipinski definition) is 0. The van der Waals surface area contributed by atoms with Crippen LogP contribution in [0.25, 0.3) is 11.9 Å². The summed E-state index contributed by atoms with van der Waals surface area (Å²) in [5, 5.41) is 10.5. The zero-order valence-corrected chi connectivity index (χ0v) is 11.4. The molecule has 2 heterocycles. The third-order valence-corrected chi connectivity index (χ3v) is 2.42. The molecule has 21 heavy (non-hydrogen) atoms. The van der Waals surface area contributed by atoms with Gasteiger partial charge in [-0.05, 0) is 6.08 Å². The molecule has 7 nitrogen and oxygen atoms in total. The molecule has 2 aromatic rings. The zero-order valence-electron chi connectivity index (χ0n) is 11.4. The summed E-state index contributed by atoms with van der Waals surface area (Å²) in [6.07, 6.45) is -1.72. The number of nitrogens with zero attached hydrogens (tertiary/aromatic N) is 6. The number of fused-ring (bicyclic) bond motifs is 1. The van der Waals surface area contributed by atoms with Crippen LogP contribution in [0.1, 0.15) is 28.9 Å². The minimum absolute atomic E-state index is 0.0841. The van der Waals surface area contributed by atoms with Crippen LogP contribution in [0.2, 0.25) is 0 Å². The Morgan fingerprint density at radius 1 is 1.29 bits per heavy atom. The monoisotopic (exact) mass is 300 g/mol. The fourth-order valence-electron chi connectivity index (χ4n) is 1.52. The van der Waals surface area contributed by atoms with Gasteiger partial charge in [0.15, 0.2) is 11.5 Å². The van der Waals surface area contributed by atoms with Gasteiger partial charge in [0.2, 0.25) is 0 Å². The van der Waals surface area contributed by atoms with Crippen molar-refractivity contribution in [2.75, 3.05) is 14.1 Å². The molecule has 112 valence electrons. The number of carbonyl (C=O) groups is 1. The lowest BCUT2D eigenvalue weighted by atomic mass is 10.2. The van der Waals surface area contributed by atoms with Crippen molar-refractivity contribution in [2.24, 2.45) is 0 Å². The van der Waals surface area contributed by atoms with Crippen LogP contribution < -0.4 is 0 Å². The lowest BCUT2D eigenvalue weighted by molar-refractivity contribution is -0.144. The number of halogens is 3. The van der Waals surface area contributed by atoms with Crippen molar-refractivity contribution in [1.29, 1.82) is 0 Å². The maximum atomic E-state index is 12.7. The Morgan fingerprint density at radius 3 is 2.48 bits per heavy atom. The standard InChI is InChI=1S/C11H11F3N6O/c1-6(21)8-7(4-5-19(2)3)20-10(17-16-8)15-9(18-20)11(12,13)14/h4-5H,1-3H3/b5-4+. The molecule has 0 amide bonds. The van der Waals surface area contributed by atoms with Crippen LogP contribution in [-0.4, -0.2) is 49.6 Å². The number of hydrogen-bond acceptors (Lipinski definition) is 6. The summed E-state index contributed by atoms with van der Waals surface area (Å²) in [5.74, 6) is -2.10. The van der Waals surface area contributed by atoms with E-state index in [0.717, 1.165) is 4.52 Å². The molecule has 0 radical (unpaired) electrons.